The summed E-state index contributed by atoms with van der Waals surface area (Å²) in [6.45, 7) is 1.32. The molecular formula is C23H23FN2O3. The van der Waals surface area contributed by atoms with Gasteiger partial charge < -0.3 is 14.1 Å². The van der Waals surface area contributed by atoms with E-state index >= 15 is 0 Å². The average molecular weight is 394 g/mol. The van der Waals surface area contributed by atoms with Gasteiger partial charge in [0.05, 0.1) is 12.1 Å². The summed E-state index contributed by atoms with van der Waals surface area (Å²) in [5, 5.41) is 0. The van der Waals surface area contributed by atoms with Crippen LogP contribution in [0.2, 0.25) is 0 Å². The molecule has 1 saturated heterocycles. The summed E-state index contributed by atoms with van der Waals surface area (Å²) in [7, 11) is 0. The number of hydrogen-bond donors (Lipinski definition) is 0. The molecule has 1 unspecified atom stereocenters. The van der Waals surface area contributed by atoms with Gasteiger partial charge in [-0.1, -0.05) is 30.3 Å². The molecule has 0 spiro atoms. The number of piperidine rings is 1. The minimum Gasteiger partial charge on any atom is -0.484 e. The molecule has 1 atom stereocenters. The van der Waals surface area contributed by atoms with Crippen LogP contribution < -0.4 is 4.74 Å². The van der Waals surface area contributed by atoms with Crippen LogP contribution in [0.4, 0.5) is 4.39 Å². The van der Waals surface area contributed by atoms with Gasteiger partial charge in [0.2, 0.25) is 0 Å². The molecule has 0 saturated carbocycles. The second-order valence-corrected chi connectivity index (χ2v) is 7.25. The maximum absolute atomic E-state index is 13.0. The number of oxazole rings is 1. The topological polar surface area (TPSA) is 55.6 Å². The van der Waals surface area contributed by atoms with Crippen LogP contribution in [-0.2, 0) is 11.2 Å². The lowest BCUT2D eigenvalue weighted by Gasteiger charge is -2.31. The highest BCUT2D eigenvalue weighted by Crippen LogP contribution is 2.27. The lowest BCUT2D eigenvalue weighted by Crippen LogP contribution is -2.41. The van der Waals surface area contributed by atoms with Crippen molar-refractivity contribution in [2.45, 2.75) is 25.2 Å². The Morgan fingerprint density at radius 1 is 1.17 bits per heavy atom. The molecule has 1 fully saturated rings. The Morgan fingerprint density at radius 3 is 2.76 bits per heavy atom. The summed E-state index contributed by atoms with van der Waals surface area (Å²) in [6, 6.07) is 15.7. The number of para-hydroxylation sites is 1. The Bertz CT molecular complexity index is 940. The first-order valence-electron chi connectivity index (χ1n) is 9.82. The van der Waals surface area contributed by atoms with Gasteiger partial charge in [0.1, 0.15) is 17.3 Å². The van der Waals surface area contributed by atoms with Crippen molar-refractivity contribution in [3.05, 3.63) is 83.8 Å². The van der Waals surface area contributed by atoms with E-state index in [1.807, 2.05) is 35.2 Å². The summed E-state index contributed by atoms with van der Waals surface area (Å²) in [5.41, 5.74) is 0.965. The van der Waals surface area contributed by atoms with E-state index in [0.717, 1.165) is 30.7 Å². The third kappa shape index (κ3) is 5.02. The molecule has 4 rings (SSSR count). The number of halogens is 1. The Kier molecular flexibility index (Phi) is 5.89. The Morgan fingerprint density at radius 2 is 1.97 bits per heavy atom. The standard InChI is InChI=1S/C23H23FN2O3/c24-19-10-8-17(9-11-19)13-21-14-25-23(29-21)18-5-4-12-26(15-18)22(27)16-28-20-6-2-1-3-7-20/h1-3,6-11,14,18H,4-5,12-13,15-16H2. The molecule has 2 heterocycles. The number of nitrogens with zero attached hydrogens (tertiary/aromatic N) is 2. The SMILES string of the molecule is O=C(COc1ccccc1)N1CCCC(c2ncc(Cc3ccc(F)cc3)o2)C1. The molecule has 5 nitrogen and oxygen atoms in total. The van der Waals surface area contributed by atoms with Crippen molar-refractivity contribution < 1.29 is 18.3 Å². The van der Waals surface area contributed by atoms with Crippen molar-refractivity contribution in [2.75, 3.05) is 19.7 Å². The van der Waals surface area contributed by atoms with Gasteiger partial charge in [-0.2, -0.15) is 0 Å². The smallest absolute Gasteiger partial charge is 0.260 e. The number of hydrogen-bond acceptors (Lipinski definition) is 4. The van der Waals surface area contributed by atoms with E-state index in [1.54, 1.807) is 18.3 Å². The van der Waals surface area contributed by atoms with Gasteiger partial charge in [0.15, 0.2) is 12.5 Å². The van der Waals surface area contributed by atoms with Crippen LogP contribution >= 0.6 is 0 Å². The summed E-state index contributed by atoms with van der Waals surface area (Å²) < 4.78 is 24.6. The van der Waals surface area contributed by atoms with E-state index in [2.05, 4.69) is 4.98 Å². The van der Waals surface area contributed by atoms with Crippen molar-refractivity contribution in [2.24, 2.45) is 0 Å². The zero-order chi connectivity index (χ0) is 20.1. The molecule has 0 bridgehead atoms. The van der Waals surface area contributed by atoms with Crippen LogP contribution in [0.5, 0.6) is 5.75 Å². The molecule has 1 aliphatic heterocycles. The van der Waals surface area contributed by atoms with Crippen molar-refractivity contribution in [3.8, 4) is 5.75 Å². The summed E-state index contributed by atoms with van der Waals surface area (Å²) in [6.07, 6.45) is 4.11. The maximum atomic E-state index is 13.0. The Balaban J connectivity index is 1.34. The fourth-order valence-corrected chi connectivity index (χ4v) is 3.55. The normalized spacial score (nSPS) is 16.6. The largest absolute Gasteiger partial charge is 0.484 e. The fourth-order valence-electron chi connectivity index (χ4n) is 3.55. The molecule has 6 heteroatoms. The summed E-state index contributed by atoms with van der Waals surface area (Å²) in [5.74, 6) is 1.87. The van der Waals surface area contributed by atoms with Gasteiger partial charge >= 0.3 is 0 Å². The second kappa shape index (κ2) is 8.90. The van der Waals surface area contributed by atoms with E-state index in [-0.39, 0.29) is 24.2 Å². The quantitative estimate of drug-likeness (QED) is 0.629. The molecular weight excluding hydrogens is 371 g/mol. The first-order valence-corrected chi connectivity index (χ1v) is 9.82. The van der Waals surface area contributed by atoms with Gasteiger partial charge in [0.25, 0.3) is 5.91 Å². The minimum absolute atomic E-state index is 0.0259. The van der Waals surface area contributed by atoms with Gasteiger partial charge in [-0.15, -0.1) is 0 Å². The Labute approximate surface area is 169 Å². The van der Waals surface area contributed by atoms with Crippen molar-refractivity contribution >= 4 is 5.91 Å². The summed E-state index contributed by atoms with van der Waals surface area (Å²) in [4.78, 5) is 18.8. The Hall–Kier alpha value is -3.15. The molecule has 3 aromatic rings. The first-order chi connectivity index (χ1) is 14.2. The highest BCUT2D eigenvalue weighted by Gasteiger charge is 2.28. The highest BCUT2D eigenvalue weighted by molar-refractivity contribution is 5.78. The van der Waals surface area contributed by atoms with E-state index in [0.29, 0.717) is 24.6 Å². The molecule has 0 radical (unpaired) electrons. The number of aromatic nitrogens is 1. The van der Waals surface area contributed by atoms with Crippen LogP contribution in [0.1, 0.15) is 36.0 Å². The molecule has 29 heavy (non-hydrogen) atoms. The minimum atomic E-state index is -0.254. The van der Waals surface area contributed by atoms with Gasteiger partial charge in [0, 0.05) is 19.5 Å². The zero-order valence-electron chi connectivity index (χ0n) is 16.1. The monoisotopic (exact) mass is 394 g/mol. The highest BCUT2D eigenvalue weighted by atomic mass is 19.1. The van der Waals surface area contributed by atoms with Crippen LogP contribution in [-0.4, -0.2) is 35.5 Å². The summed E-state index contributed by atoms with van der Waals surface area (Å²) >= 11 is 0. The van der Waals surface area contributed by atoms with Crippen molar-refractivity contribution in [3.63, 3.8) is 0 Å². The van der Waals surface area contributed by atoms with E-state index in [4.69, 9.17) is 9.15 Å². The second-order valence-electron chi connectivity index (χ2n) is 7.25. The van der Waals surface area contributed by atoms with E-state index in [1.165, 1.54) is 12.1 Å². The third-order valence-electron chi connectivity index (χ3n) is 5.09. The molecule has 1 aromatic heterocycles. The number of benzene rings is 2. The number of likely N-dealkylation sites (tertiary alicyclic amines) is 1. The number of carbonyl (C=O) groups is 1. The van der Waals surface area contributed by atoms with E-state index in [9.17, 15) is 9.18 Å². The maximum Gasteiger partial charge on any atom is 0.260 e. The van der Waals surface area contributed by atoms with Gasteiger partial charge in [-0.25, -0.2) is 9.37 Å². The molecule has 1 amide bonds. The predicted molar refractivity (Wildman–Crippen MR) is 106 cm³/mol. The lowest BCUT2D eigenvalue weighted by atomic mass is 9.98. The van der Waals surface area contributed by atoms with Crippen molar-refractivity contribution in [1.29, 1.82) is 0 Å². The number of carbonyl (C=O) groups excluding carboxylic acids is 1. The molecule has 1 aliphatic rings. The molecule has 0 aliphatic carbocycles. The third-order valence-corrected chi connectivity index (χ3v) is 5.09. The van der Waals surface area contributed by atoms with Crippen LogP contribution in [0.3, 0.4) is 0 Å². The number of ether oxygens (including phenoxy) is 1. The number of rotatable bonds is 6. The van der Waals surface area contributed by atoms with E-state index < -0.39 is 0 Å². The average Bonchev–Trinajstić information content (AvgIpc) is 3.23. The number of amides is 1. The molecule has 2 aromatic carbocycles. The first kappa shape index (κ1) is 19.2. The molecule has 150 valence electrons. The van der Waals surface area contributed by atoms with Gasteiger partial charge in [-0.05, 0) is 42.7 Å². The molecule has 0 N–H and O–H groups in total. The van der Waals surface area contributed by atoms with Crippen LogP contribution in [0.25, 0.3) is 0 Å². The van der Waals surface area contributed by atoms with Crippen LogP contribution in [0, 0.1) is 5.82 Å². The zero-order valence-corrected chi connectivity index (χ0v) is 16.1. The van der Waals surface area contributed by atoms with Gasteiger partial charge in [-0.3, -0.25) is 4.79 Å². The lowest BCUT2D eigenvalue weighted by molar-refractivity contribution is -0.134. The van der Waals surface area contributed by atoms with Crippen molar-refractivity contribution in [1.82, 2.24) is 9.88 Å². The predicted octanol–water partition coefficient (Wildman–Crippen LogP) is 4.19. The van der Waals surface area contributed by atoms with Crippen LogP contribution in [0.15, 0.2) is 65.2 Å². The fraction of sp³-hybridized carbons (Fsp3) is 0.304.